The molecule has 0 bridgehead atoms. The van der Waals surface area contributed by atoms with Gasteiger partial charge in [0, 0.05) is 23.1 Å². The molecule has 1 fully saturated rings. The molecule has 34 heavy (non-hydrogen) atoms. The first-order chi connectivity index (χ1) is 16.2. The number of hydrogen-bond donors (Lipinski definition) is 3. The lowest BCUT2D eigenvalue weighted by Gasteiger charge is -2.12. The Bertz CT molecular complexity index is 1400. The molecule has 1 saturated carbocycles. The van der Waals surface area contributed by atoms with Crippen molar-refractivity contribution in [3.8, 4) is 16.9 Å². The lowest BCUT2D eigenvalue weighted by atomic mass is 10.1. The maximum Gasteiger partial charge on any atom is 0.416 e. The Hall–Kier alpha value is -3.93. The van der Waals surface area contributed by atoms with Crippen LogP contribution in [0.15, 0.2) is 48.1 Å². The van der Waals surface area contributed by atoms with Crippen LogP contribution in [0, 0.1) is 0 Å². The largest absolute Gasteiger partial charge is 0.416 e. The third-order valence-electron chi connectivity index (χ3n) is 5.40. The van der Waals surface area contributed by atoms with Crippen LogP contribution in [-0.4, -0.2) is 31.6 Å². The first kappa shape index (κ1) is 21.9. The fourth-order valence-corrected chi connectivity index (χ4v) is 4.33. The molecule has 174 valence electrons. The SMILES string of the molecule is NC(=O)c1cc(-c2csc(NC(=O)c3cnn(-c4cccc(C(F)(F)F)c4)c3C3CC3)n2)c[nH]1. The van der Waals surface area contributed by atoms with Gasteiger partial charge in [-0.1, -0.05) is 6.07 Å². The predicted molar refractivity (Wildman–Crippen MR) is 119 cm³/mol. The molecule has 3 heterocycles. The van der Waals surface area contributed by atoms with Crippen LogP contribution in [0.5, 0.6) is 0 Å². The summed E-state index contributed by atoms with van der Waals surface area (Å²) < 4.78 is 40.9. The number of halogens is 3. The smallest absolute Gasteiger partial charge is 0.364 e. The van der Waals surface area contributed by atoms with E-state index in [1.165, 1.54) is 34.3 Å². The van der Waals surface area contributed by atoms with Crippen molar-refractivity contribution in [1.82, 2.24) is 19.7 Å². The van der Waals surface area contributed by atoms with Gasteiger partial charge in [-0.15, -0.1) is 11.3 Å². The van der Waals surface area contributed by atoms with Crippen molar-refractivity contribution in [2.45, 2.75) is 24.9 Å². The molecule has 0 unspecified atom stereocenters. The number of nitrogens with two attached hydrogens (primary N) is 1. The van der Waals surface area contributed by atoms with Gasteiger partial charge in [0.05, 0.1) is 34.4 Å². The third-order valence-corrected chi connectivity index (χ3v) is 6.16. The Kier molecular flexibility index (Phi) is 5.24. The molecule has 4 N–H and O–H groups in total. The van der Waals surface area contributed by atoms with Crippen LogP contribution in [0.3, 0.4) is 0 Å². The zero-order chi connectivity index (χ0) is 24.0. The van der Waals surface area contributed by atoms with E-state index in [1.807, 2.05) is 0 Å². The number of nitrogens with zero attached hydrogens (tertiary/aromatic N) is 3. The number of aromatic nitrogens is 4. The summed E-state index contributed by atoms with van der Waals surface area (Å²) in [6.45, 7) is 0. The fourth-order valence-electron chi connectivity index (χ4n) is 3.61. The van der Waals surface area contributed by atoms with Gasteiger partial charge in [0.1, 0.15) is 5.69 Å². The number of hydrogen-bond acceptors (Lipinski definition) is 5. The first-order valence-corrected chi connectivity index (χ1v) is 11.1. The predicted octanol–water partition coefficient (Wildman–Crippen LogP) is 4.57. The summed E-state index contributed by atoms with van der Waals surface area (Å²) in [5.41, 5.74) is 6.99. The molecular weight excluding hydrogens is 469 g/mol. The molecule has 8 nitrogen and oxygen atoms in total. The summed E-state index contributed by atoms with van der Waals surface area (Å²) in [6.07, 6.45) is 0.113. The second kappa shape index (κ2) is 8.13. The van der Waals surface area contributed by atoms with E-state index in [0.717, 1.165) is 25.0 Å². The van der Waals surface area contributed by atoms with Crippen molar-refractivity contribution in [1.29, 1.82) is 0 Å². The Labute approximate surface area is 194 Å². The van der Waals surface area contributed by atoms with Crippen molar-refractivity contribution in [3.05, 3.63) is 70.6 Å². The Morgan fingerprint density at radius 3 is 2.71 bits per heavy atom. The molecule has 0 atom stereocenters. The average Bonchev–Trinajstić information content (AvgIpc) is 3.19. The zero-order valence-electron chi connectivity index (χ0n) is 17.4. The van der Waals surface area contributed by atoms with Gasteiger partial charge < -0.3 is 10.7 Å². The van der Waals surface area contributed by atoms with E-state index in [4.69, 9.17) is 5.73 Å². The molecule has 12 heteroatoms. The van der Waals surface area contributed by atoms with Crippen LogP contribution in [0.25, 0.3) is 16.9 Å². The van der Waals surface area contributed by atoms with Crippen molar-refractivity contribution >= 4 is 28.3 Å². The molecule has 1 aliphatic rings. The number of rotatable bonds is 6. The monoisotopic (exact) mass is 486 g/mol. The highest BCUT2D eigenvalue weighted by atomic mass is 32.1. The Balaban J connectivity index is 1.41. The number of H-pyrrole nitrogens is 1. The van der Waals surface area contributed by atoms with Crippen molar-refractivity contribution in [2.75, 3.05) is 5.32 Å². The molecule has 0 spiro atoms. The standard InChI is InChI=1S/C22H17F3N6O2S/c23-22(24,25)13-2-1-3-14(7-13)31-18(11-4-5-11)15(9-28-31)20(33)30-21-29-17(10-34-21)12-6-16(19(26)32)27-8-12/h1-3,6-11,27H,4-5H2,(H2,26,32)(H,29,30,33). The number of aromatic amines is 1. The number of carbonyl (C=O) groups excluding carboxylic acids is 2. The molecule has 1 aromatic carbocycles. The molecule has 4 aromatic rings. The summed E-state index contributed by atoms with van der Waals surface area (Å²) in [4.78, 5) is 31.4. The second-order valence-corrected chi connectivity index (χ2v) is 8.69. The Morgan fingerprint density at radius 2 is 2.03 bits per heavy atom. The van der Waals surface area contributed by atoms with Gasteiger partial charge in [-0.3, -0.25) is 14.9 Å². The van der Waals surface area contributed by atoms with Crippen LogP contribution in [0.1, 0.15) is 50.9 Å². The quantitative estimate of drug-likeness (QED) is 0.370. The highest BCUT2D eigenvalue weighted by Gasteiger charge is 2.34. The first-order valence-electron chi connectivity index (χ1n) is 10.2. The van der Waals surface area contributed by atoms with E-state index in [0.29, 0.717) is 22.1 Å². The normalized spacial score (nSPS) is 13.7. The summed E-state index contributed by atoms with van der Waals surface area (Å²) >= 11 is 1.20. The van der Waals surface area contributed by atoms with Gasteiger partial charge in [0.2, 0.25) is 0 Å². The molecule has 2 amide bonds. The summed E-state index contributed by atoms with van der Waals surface area (Å²) in [5.74, 6) is -1.01. The number of thiazole rings is 1. The number of amides is 2. The van der Waals surface area contributed by atoms with Gasteiger partial charge in [0.25, 0.3) is 11.8 Å². The molecule has 0 aliphatic heterocycles. The lowest BCUT2D eigenvalue weighted by molar-refractivity contribution is -0.137. The Morgan fingerprint density at radius 1 is 1.24 bits per heavy atom. The summed E-state index contributed by atoms with van der Waals surface area (Å²) in [5, 5.41) is 9.01. The molecule has 0 saturated heterocycles. The molecule has 0 radical (unpaired) electrons. The van der Waals surface area contributed by atoms with E-state index in [-0.39, 0.29) is 22.9 Å². The third kappa shape index (κ3) is 4.19. The zero-order valence-corrected chi connectivity index (χ0v) is 18.2. The maximum atomic E-state index is 13.2. The van der Waals surface area contributed by atoms with E-state index in [2.05, 4.69) is 20.4 Å². The topological polar surface area (TPSA) is 119 Å². The minimum absolute atomic E-state index is 0.0386. The molecule has 3 aromatic heterocycles. The molecule has 5 rings (SSSR count). The maximum absolute atomic E-state index is 13.2. The van der Waals surface area contributed by atoms with Crippen molar-refractivity contribution in [3.63, 3.8) is 0 Å². The second-order valence-electron chi connectivity index (χ2n) is 7.84. The van der Waals surface area contributed by atoms with Gasteiger partial charge in [-0.2, -0.15) is 18.3 Å². The van der Waals surface area contributed by atoms with Gasteiger partial charge in [-0.25, -0.2) is 9.67 Å². The number of nitrogens with one attached hydrogen (secondary N) is 2. The highest BCUT2D eigenvalue weighted by molar-refractivity contribution is 7.14. The summed E-state index contributed by atoms with van der Waals surface area (Å²) in [6, 6.07) is 6.42. The number of anilines is 1. The van der Waals surface area contributed by atoms with E-state index in [9.17, 15) is 22.8 Å². The number of benzene rings is 1. The van der Waals surface area contributed by atoms with Crippen molar-refractivity contribution < 1.29 is 22.8 Å². The van der Waals surface area contributed by atoms with Crippen LogP contribution >= 0.6 is 11.3 Å². The fraction of sp³-hybridized carbons (Fsp3) is 0.182. The van der Waals surface area contributed by atoms with Gasteiger partial charge in [-0.05, 0) is 37.1 Å². The van der Waals surface area contributed by atoms with E-state index < -0.39 is 23.6 Å². The minimum atomic E-state index is -4.48. The number of carbonyl (C=O) groups is 2. The van der Waals surface area contributed by atoms with E-state index in [1.54, 1.807) is 17.6 Å². The minimum Gasteiger partial charge on any atom is -0.364 e. The lowest BCUT2D eigenvalue weighted by Crippen LogP contribution is -2.14. The average molecular weight is 486 g/mol. The number of alkyl halides is 3. The van der Waals surface area contributed by atoms with Gasteiger partial charge >= 0.3 is 6.18 Å². The van der Waals surface area contributed by atoms with Crippen LogP contribution < -0.4 is 11.1 Å². The van der Waals surface area contributed by atoms with Gasteiger partial charge in [0.15, 0.2) is 5.13 Å². The molecular formula is C22H17F3N6O2S. The highest BCUT2D eigenvalue weighted by Crippen LogP contribution is 2.43. The van der Waals surface area contributed by atoms with Crippen LogP contribution in [-0.2, 0) is 6.18 Å². The van der Waals surface area contributed by atoms with Crippen molar-refractivity contribution in [2.24, 2.45) is 5.73 Å². The number of primary amides is 1. The van der Waals surface area contributed by atoms with E-state index >= 15 is 0 Å². The van der Waals surface area contributed by atoms with Crippen LogP contribution in [0.4, 0.5) is 18.3 Å². The molecule has 1 aliphatic carbocycles. The van der Waals surface area contributed by atoms with Crippen LogP contribution in [0.2, 0.25) is 0 Å². The summed E-state index contributed by atoms with van der Waals surface area (Å²) in [7, 11) is 0.